The molecule has 0 spiro atoms. The van der Waals surface area contributed by atoms with E-state index >= 15 is 0 Å². The fraction of sp³-hybridized carbons (Fsp3) is 0.375. The van der Waals surface area contributed by atoms with Crippen LogP contribution in [0.2, 0.25) is 0 Å². The number of nitrogens with one attached hydrogen (secondary N) is 1. The van der Waals surface area contributed by atoms with E-state index in [0.29, 0.717) is 17.6 Å². The second kappa shape index (κ2) is 6.53. The molecule has 8 nitrogen and oxygen atoms in total. The number of fused-ring (bicyclic) bond motifs is 1. The maximum Gasteiger partial charge on any atom is 0.419 e. The van der Waals surface area contributed by atoms with E-state index in [1.165, 1.54) is 22.8 Å². The van der Waals surface area contributed by atoms with Crippen molar-refractivity contribution >= 4 is 37.6 Å². The lowest BCUT2D eigenvalue weighted by Crippen LogP contribution is -2.40. The zero-order valence-electron chi connectivity index (χ0n) is 14.1. The van der Waals surface area contributed by atoms with E-state index in [4.69, 9.17) is 4.42 Å². The van der Waals surface area contributed by atoms with Crippen LogP contribution in [0.5, 0.6) is 0 Å². The number of hydrogen-bond acceptors (Lipinski definition) is 7. The average molecular weight is 394 g/mol. The van der Waals surface area contributed by atoms with Gasteiger partial charge in [0.2, 0.25) is 10.0 Å². The lowest BCUT2D eigenvalue weighted by atomic mass is 10.2. The lowest BCUT2D eigenvalue weighted by molar-refractivity contribution is 0.528. The van der Waals surface area contributed by atoms with Crippen LogP contribution in [0.1, 0.15) is 12.8 Å². The average Bonchev–Trinajstić information content (AvgIpc) is 3.34. The largest absolute Gasteiger partial charge is 0.419 e. The van der Waals surface area contributed by atoms with Crippen LogP contribution in [0.25, 0.3) is 11.1 Å². The monoisotopic (exact) mass is 394 g/mol. The normalized spacial score (nSPS) is 18.0. The summed E-state index contributed by atoms with van der Waals surface area (Å²) in [6, 6.07) is 4.48. The minimum Gasteiger partial charge on any atom is -0.408 e. The Labute approximate surface area is 154 Å². The van der Waals surface area contributed by atoms with Gasteiger partial charge in [-0.2, -0.15) is 0 Å². The molecule has 1 aromatic carbocycles. The van der Waals surface area contributed by atoms with Gasteiger partial charge < -0.3 is 9.32 Å². The molecule has 138 valence electrons. The molecule has 1 aliphatic rings. The van der Waals surface area contributed by atoms with Gasteiger partial charge in [0.25, 0.3) is 0 Å². The fourth-order valence-corrected chi connectivity index (χ4v) is 5.05. The SMILES string of the molecule is Cn1c(=O)oc2ccc(S(=O)(=O)NCC3CCCN3c3nccs3)cc21. The highest BCUT2D eigenvalue weighted by Gasteiger charge is 2.28. The number of anilines is 1. The first-order valence-electron chi connectivity index (χ1n) is 8.21. The van der Waals surface area contributed by atoms with Crippen molar-refractivity contribution in [3.63, 3.8) is 0 Å². The third-order valence-corrected chi connectivity index (χ3v) is 6.85. The van der Waals surface area contributed by atoms with Crippen LogP contribution in [0, 0.1) is 0 Å². The summed E-state index contributed by atoms with van der Waals surface area (Å²) in [5, 5.41) is 2.83. The van der Waals surface area contributed by atoms with Crippen molar-refractivity contribution in [1.29, 1.82) is 0 Å². The number of oxazole rings is 1. The highest BCUT2D eigenvalue weighted by molar-refractivity contribution is 7.89. The van der Waals surface area contributed by atoms with Crippen molar-refractivity contribution in [3.8, 4) is 0 Å². The molecule has 3 heterocycles. The van der Waals surface area contributed by atoms with Crippen LogP contribution < -0.4 is 15.4 Å². The van der Waals surface area contributed by atoms with Gasteiger partial charge in [-0.15, -0.1) is 11.3 Å². The van der Waals surface area contributed by atoms with Crippen molar-refractivity contribution in [2.24, 2.45) is 7.05 Å². The van der Waals surface area contributed by atoms with E-state index in [1.807, 2.05) is 5.38 Å². The molecule has 0 amide bonds. The van der Waals surface area contributed by atoms with E-state index in [2.05, 4.69) is 14.6 Å². The summed E-state index contributed by atoms with van der Waals surface area (Å²) in [4.78, 5) is 18.2. The van der Waals surface area contributed by atoms with Crippen LogP contribution in [-0.4, -0.2) is 37.1 Å². The van der Waals surface area contributed by atoms with E-state index in [1.54, 1.807) is 24.6 Å². The third-order valence-electron chi connectivity index (χ3n) is 4.62. The molecule has 4 rings (SSSR count). The third kappa shape index (κ3) is 3.04. The Bertz CT molecular complexity index is 1090. The van der Waals surface area contributed by atoms with E-state index in [9.17, 15) is 13.2 Å². The van der Waals surface area contributed by atoms with Gasteiger partial charge in [0.05, 0.1) is 10.4 Å². The summed E-state index contributed by atoms with van der Waals surface area (Å²) in [5.41, 5.74) is 0.811. The number of rotatable bonds is 5. The van der Waals surface area contributed by atoms with Gasteiger partial charge in [0.15, 0.2) is 10.7 Å². The molecule has 2 aromatic heterocycles. The van der Waals surface area contributed by atoms with Crippen LogP contribution in [0.3, 0.4) is 0 Å². The van der Waals surface area contributed by atoms with Gasteiger partial charge in [-0.05, 0) is 31.0 Å². The molecule has 26 heavy (non-hydrogen) atoms. The smallest absolute Gasteiger partial charge is 0.408 e. The second-order valence-electron chi connectivity index (χ2n) is 6.21. The first kappa shape index (κ1) is 17.3. The molecular weight excluding hydrogens is 376 g/mol. The molecule has 0 saturated carbocycles. The minimum absolute atomic E-state index is 0.0814. The van der Waals surface area contributed by atoms with Gasteiger partial charge in [-0.1, -0.05) is 0 Å². The lowest BCUT2D eigenvalue weighted by Gasteiger charge is -2.24. The van der Waals surface area contributed by atoms with Crippen molar-refractivity contribution in [2.45, 2.75) is 23.8 Å². The number of thiazole rings is 1. The summed E-state index contributed by atoms with van der Waals surface area (Å²) in [6.07, 6.45) is 3.68. The molecular formula is C16H18N4O4S2. The Morgan fingerprint density at radius 3 is 3.04 bits per heavy atom. The number of sulfonamides is 1. The van der Waals surface area contributed by atoms with Gasteiger partial charge in [0.1, 0.15) is 0 Å². The highest BCUT2D eigenvalue weighted by Crippen LogP contribution is 2.27. The Hall–Kier alpha value is -2.17. The van der Waals surface area contributed by atoms with Crippen molar-refractivity contribution in [2.75, 3.05) is 18.0 Å². The van der Waals surface area contributed by atoms with Gasteiger partial charge in [-0.25, -0.2) is 22.9 Å². The summed E-state index contributed by atoms with van der Waals surface area (Å²) >= 11 is 1.55. The quantitative estimate of drug-likeness (QED) is 0.705. The van der Waals surface area contributed by atoms with Crippen molar-refractivity contribution in [3.05, 3.63) is 40.3 Å². The maximum absolute atomic E-state index is 12.7. The molecule has 1 aliphatic heterocycles. The number of benzene rings is 1. The summed E-state index contributed by atoms with van der Waals surface area (Å²) in [5.74, 6) is -0.521. The Morgan fingerprint density at radius 2 is 2.27 bits per heavy atom. The second-order valence-corrected chi connectivity index (χ2v) is 8.85. The Kier molecular flexibility index (Phi) is 4.33. The first-order chi connectivity index (χ1) is 12.5. The Morgan fingerprint density at radius 1 is 1.42 bits per heavy atom. The zero-order chi connectivity index (χ0) is 18.3. The molecule has 1 unspecified atom stereocenters. The van der Waals surface area contributed by atoms with Gasteiger partial charge in [0, 0.05) is 37.8 Å². The minimum atomic E-state index is -3.69. The molecule has 0 bridgehead atoms. The molecule has 0 radical (unpaired) electrons. The fourth-order valence-electron chi connectivity index (χ4n) is 3.22. The van der Waals surface area contributed by atoms with Gasteiger partial charge in [-0.3, -0.25) is 4.57 Å². The first-order valence-corrected chi connectivity index (χ1v) is 10.6. The molecule has 1 saturated heterocycles. The zero-order valence-corrected chi connectivity index (χ0v) is 15.7. The number of nitrogens with zero attached hydrogens (tertiary/aromatic N) is 3. The molecule has 3 aromatic rings. The number of aryl methyl sites for hydroxylation is 1. The molecule has 10 heteroatoms. The molecule has 1 fully saturated rings. The standard InChI is InChI=1S/C16H18N4O4S2/c1-19-13-9-12(4-5-14(13)24-16(19)21)26(22,23)18-10-11-3-2-7-20(11)15-17-6-8-25-15/h4-6,8-9,11,18H,2-3,7,10H2,1H3. The Balaban J connectivity index is 1.54. The van der Waals surface area contributed by atoms with Crippen molar-refractivity contribution in [1.82, 2.24) is 14.3 Å². The van der Waals surface area contributed by atoms with Crippen LogP contribution in [0.15, 0.2) is 43.9 Å². The van der Waals surface area contributed by atoms with Crippen LogP contribution >= 0.6 is 11.3 Å². The number of hydrogen-bond donors (Lipinski definition) is 1. The summed E-state index contributed by atoms with van der Waals surface area (Å²) < 4.78 is 34.4. The molecule has 1 atom stereocenters. The van der Waals surface area contributed by atoms with Crippen LogP contribution in [-0.2, 0) is 17.1 Å². The summed E-state index contributed by atoms with van der Waals surface area (Å²) in [7, 11) is -2.15. The van der Waals surface area contributed by atoms with Gasteiger partial charge >= 0.3 is 5.76 Å². The van der Waals surface area contributed by atoms with E-state index < -0.39 is 15.8 Å². The maximum atomic E-state index is 12.7. The summed E-state index contributed by atoms with van der Waals surface area (Å²) in [6.45, 7) is 1.19. The van der Waals surface area contributed by atoms with E-state index in [0.717, 1.165) is 24.5 Å². The number of aromatic nitrogens is 2. The topological polar surface area (TPSA) is 97.4 Å². The highest BCUT2D eigenvalue weighted by atomic mass is 32.2. The molecule has 0 aliphatic carbocycles. The predicted molar refractivity (Wildman–Crippen MR) is 99.1 cm³/mol. The van der Waals surface area contributed by atoms with Crippen molar-refractivity contribution < 1.29 is 12.8 Å². The van der Waals surface area contributed by atoms with E-state index in [-0.39, 0.29) is 10.9 Å². The van der Waals surface area contributed by atoms with Crippen LogP contribution in [0.4, 0.5) is 5.13 Å². The predicted octanol–water partition coefficient (Wildman–Crippen LogP) is 1.54. The molecule has 1 N–H and O–H groups in total.